The lowest BCUT2D eigenvalue weighted by Gasteiger charge is -2.09. The third-order valence-electron chi connectivity index (χ3n) is 3.29. The van der Waals surface area contributed by atoms with Gasteiger partial charge in [-0.05, 0) is 49.2 Å². The molecule has 0 aliphatic rings. The number of aryl methyl sites for hydroxylation is 2. The smallest absolute Gasteiger partial charge is 0.119 e. The molecule has 2 atom stereocenters. The van der Waals surface area contributed by atoms with Gasteiger partial charge in [0.05, 0.1) is 13.2 Å². The first-order valence-corrected chi connectivity index (χ1v) is 8.41. The molecule has 2 aromatic carbocycles. The van der Waals surface area contributed by atoms with Gasteiger partial charge in [-0.25, -0.2) is 0 Å². The van der Waals surface area contributed by atoms with Gasteiger partial charge in [0.2, 0.25) is 0 Å². The Morgan fingerprint density at radius 2 is 1.12 bits per heavy atom. The maximum absolute atomic E-state index is 9.01. The number of aliphatic hydroxyl groups excluding tert-OH is 4. The average molecular weight is 364 g/mol. The highest BCUT2D eigenvalue weighted by Gasteiger charge is 2.03. The van der Waals surface area contributed by atoms with Crippen LogP contribution in [0, 0.1) is 13.8 Å². The highest BCUT2D eigenvalue weighted by Crippen LogP contribution is 2.13. The van der Waals surface area contributed by atoms with Gasteiger partial charge in [-0.1, -0.05) is 24.3 Å². The zero-order valence-electron chi connectivity index (χ0n) is 15.2. The summed E-state index contributed by atoms with van der Waals surface area (Å²) in [5, 5.41) is 35.1. The van der Waals surface area contributed by atoms with Crippen LogP contribution >= 0.6 is 0 Å². The van der Waals surface area contributed by atoms with Crippen LogP contribution in [0.3, 0.4) is 0 Å². The minimum Gasteiger partial charge on any atom is -0.491 e. The van der Waals surface area contributed by atoms with Crippen molar-refractivity contribution >= 4 is 0 Å². The summed E-state index contributed by atoms with van der Waals surface area (Å²) < 4.78 is 10.5. The van der Waals surface area contributed by atoms with Gasteiger partial charge in [0, 0.05) is 0 Å². The van der Waals surface area contributed by atoms with Crippen molar-refractivity contribution in [3.05, 3.63) is 59.7 Å². The molecule has 0 radical (unpaired) electrons. The van der Waals surface area contributed by atoms with Crippen molar-refractivity contribution in [1.29, 1.82) is 0 Å². The fourth-order valence-corrected chi connectivity index (χ4v) is 1.90. The van der Waals surface area contributed by atoms with Gasteiger partial charge in [-0.2, -0.15) is 0 Å². The van der Waals surface area contributed by atoms with E-state index in [1.165, 1.54) is 0 Å². The Kier molecular flexibility index (Phi) is 10.3. The summed E-state index contributed by atoms with van der Waals surface area (Å²) >= 11 is 0. The van der Waals surface area contributed by atoms with E-state index in [1.807, 2.05) is 62.4 Å². The van der Waals surface area contributed by atoms with Crippen LogP contribution in [-0.4, -0.2) is 59.1 Å². The molecule has 0 spiro atoms. The molecular formula is C20H28O6. The molecule has 0 saturated carbocycles. The second-order valence-electron chi connectivity index (χ2n) is 5.93. The monoisotopic (exact) mass is 364 g/mol. The molecule has 2 aromatic rings. The molecule has 6 nitrogen and oxygen atoms in total. The molecule has 4 N–H and O–H groups in total. The molecule has 0 heterocycles. The Balaban J connectivity index is 0.000000260. The van der Waals surface area contributed by atoms with Crippen LogP contribution in [0.2, 0.25) is 0 Å². The van der Waals surface area contributed by atoms with E-state index in [9.17, 15) is 0 Å². The first-order valence-electron chi connectivity index (χ1n) is 8.41. The standard InChI is InChI=1S/2C10H14O3/c2*1-8-3-2-4-10(5-8)13-7-9(12)6-11/h2*2-5,9,11-12H,6-7H2,1H3/t2*9-/m11/s1. The molecule has 6 heteroatoms. The lowest BCUT2D eigenvalue weighted by atomic mass is 10.2. The van der Waals surface area contributed by atoms with E-state index >= 15 is 0 Å². The molecule has 0 aromatic heterocycles. The number of aliphatic hydroxyl groups is 4. The predicted molar refractivity (Wildman–Crippen MR) is 99.5 cm³/mol. The Hall–Kier alpha value is -2.12. The van der Waals surface area contributed by atoms with Crippen molar-refractivity contribution < 1.29 is 29.9 Å². The van der Waals surface area contributed by atoms with Crippen LogP contribution < -0.4 is 9.47 Å². The number of benzene rings is 2. The van der Waals surface area contributed by atoms with Gasteiger partial charge >= 0.3 is 0 Å². The molecule has 0 fully saturated rings. The molecule has 0 amide bonds. The van der Waals surface area contributed by atoms with E-state index in [0.29, 0.717) is 11.5 Å². The third-order valence-corrected chi connectivity index (χ3v) is 3.29. The Bertz CT molecular complexity index is 576. The average Bonchev–Trinajstić information content (AvgIpc) is 2.64. The van der Waals surface area contributed by atoms with Crippen LogP contribution in [0.4, 0.5) is 0 Å². The normalized spacial score (nSPS) is 12.5. The molecule has 26 heavy (non-hydrogen) atoms. The summed E-state index contributed by atoms with van der Waals surface area (Å²) in [5.41, 5.74) is 2.21. The molecular weight excluding hydrogens is 336 g/mol. The second-order valence-corrected chi connectivity index (χ2v) is 5.93. The predicted octanol–water partition coefficient (Wildman–Crippen LogP) is 1.45. The summed E-state index contributed by atoms with van der Waals surface area (Å²) in [6, 6.07) is 15.1. The van der Waals surface area contributed by atoms with Crippen molar-refractivity contribution in [3.63, 3.8) is 0 Å². The van der Waals surface area contributed by atoms with E-state index in [4.69, 9.17) is 29.9 Å². The first kappa shape index (κ1) is 21.9. The zero-order chi connectivity index (χ0) is 19.4. The molecule has 2 rings (SSSR count). The largest absolute Gasteiger partial charge is 0.491 e. The van der Waals surface area contributed by atoms with Gasteiger partial charge in [0.15, 0.2) is 0 Å². The minimum absolute atomic E-state index is 0.125. The second kappa shape index (κ2) is 12.3. The number of hydrogen-bond donors (Lipinski definition) is 4. The van der Waals surface area contributed by atoms with Crippen LogP contribution in [0.5, 0.6) is 11.5 Å². The van der Waals surface area contributed by atoms with Crippen molar-refractivity contribution in [1.82, 2.24) is 0 Å². The van der Waals surface area contributed by atoms with E-state index in [1.54, 1.807) is 0 Å². The van der Waals surface area contributed by atoms with E-state index in [2.05, 4.69) is 0 Å². The number of ether oxygens (including phenoxy) is 2. The van der Waals surface area contributed by atoms with Gasteiger partial charge in [0.1, 0.15) is 36.9 Å². The molecule has 0 aliphatic heterocycles. The zero-order valence-corrected chi connectivity index (χ0v) is 15.2. The SMILES string of the molecule is Cc1cccc(OC[C@H](O)CO)c1.Cc1cccc(OC[C@H](O)CO)c1. The topological polar surface area (TPSA) is 99.4 Å². The Labute approximate surface area is 154 Å². The summed E-state index contributed by atoms with van der Waals surface area (Å²) in [4.78, 5) is 0. The summed E-state index contributed by atoms with van der Waals surface area (Å²) in [6.45, 7) is 3.64. The minimum atomic E-state index is -0.805. The molecule has 0 aliphatic carbocycles. The van der Waals surface area contributed by atoms with Crippen molar-refractivity contribution in [2.45, 2.75) is 26.1 Å². The van der Waals surface area contributed by atoms with Gasteiger partial charge < -0.3 is 29.9 Å². The molecule has 0 unspecified atom stereocenters. The highest BCUT2D eigenvalue weighted by molar-refractivity contribution is 5.28. The van der Waals surface area contributed by atoms with Gasteiger partial charge in [0.25, 0.3) is 0 Å². The molecule has 144 valence electrons. The van der Waals surface area contributed by atoms with Gasteiger partial charge in [-0.15, -0.1) is 0 Å². The van der Waals surface area contributed by atoms with E-state index in [-0.39, 0.29) is 26.4 Å². The van der Waals surface area contributed by atoms with Crippen molar-refractivity contribution in [2.75, 3.05) is 26.4 Å². The Morgan fingerprint density at radius 1 is 0.731 bits per heavy atom. The van der Waals surface area contributed by atoms with Crippen LogP contribution in [0.1, 0.15) is 11.1 Å². The molecule has 0 bridgehead atoms. The number of hydrogen-bond acceptors (Lipinski definition) is 6. The quantitative estimate of drug-likeness (QED) is 0.566. The maximum Gasteiger partial charge on any atom is 0.119 e. The van der Waals surface area contributed by atoms with E-state index < -0.39 is 12.2 Å². The number of rotatable bonds is 8. The molecule has 0 saturated heterocycles. The fraction of sp³-hybridized carbons (Fsp3) is 0.400. The van der Waals surface area contributed by atoms with Crippen LogP contribution in [0.25, 0.3) is 0 Å². The van der Waals surface area contributed by atoms with Crippen LogP contribution in [-0.2, 0) is 0 Å². The first-order chi connectivity index (χ1) is 12.4. The van der Waals surface area contributed by atoms with Crippen molar-refractivity contribution in [3.8, 4) is 11.5 Å². The fourth-order valence-electron chi connectivity index (χ4n) is 1.90. The van der Waals surface area contributed by atoms with Crippen molar-refractivity contribution in [2.24, 2.45) is 0 Å². The van der Waals surface area contributed by atoms with Crippen LogP contribution in [0.15, 0.2) is 48.5 Å². The summed E-state index contributed by atoms with van der Waals surface area (Å²) in [6.07, 6.45) is -1.61. The summed E-state index contributed by atoms with van der Waals surface area (Å²) in [5.74, 6) is 1.43. The lowest BCUT2D eigenvalue weighted by Crippen LogP contribution is -2.21. The third kappa shape index (κ3) is 9.39. The Morgan fingerprint density at radius 3 is 1.42 bits per heavy atom. The summed E-state index contributed by atoms with van der Waals surface area (Å²) in [7, 11) is 0. The van der Waals surface area contributed by atoms with Gasteiger partial charge in [-0.3, -0.25) is 0 Å². The van der Waals surface area contributed by atoms with E-state index in [0.717, 1.165) is 11.1 Å². The lowest BCUT2D eigenvalue weighted by molar-refractivity contribution is 0.0536. The highest BCUT2D eigenvalue weighted by atomic mass is 16.5. The maximum atomic E-state index is 9.01.